The Morgan fingerprint density at radius 3 is 2.55 bits per heavy atom. The number of nitrogens with zero attached hydrogens (tertiary/aromatic N) is 2. The van der Waals surface area contributed by atoms with Crippen molar-refractivity contribution in [1.29, 1.82) is 0 Å². The minimum absolute atomic E-state index is 0.144. The molecule has 2 aromatic rings. The molecule has 0 spiro atoms. The number of benzene rings is 1. The molecule has 0 amide bonds. The molecule has 7 heteroatoms. The van der Waals surface area contributed by atoms with Crippen LogP contribution in [0.4, 0.5) is 5.69 Å². The summed E-state index contributed by atoms with van der Waals surface area (Å²) in [5.74, 6) is -0.574. The maximum atomic E-state index is 12.6. The third kappa shape index (κ3) is 2.51. The lowest BCUT2D eigenvalue weighted by molar-refractivity contribution is 0.0978. The highest BCUT2D eigenvalue weighted by atomic mass is 35.5. The van der Waals surface area contributed by atoms with Crippen LogP contribution in [0.25, 0.3) is 0 Å². The largest absolute Gasteiger partial charge is 0.351 e. The third-order valence-electron chi connectivity index (χ3n) is 3.15. The fourth-order valence-corrected chi connectivity index (χ4v) is 2.88. The summed E-state index contributed by atoms with van der Waals surface area (Å²) in [5, 5.41) is 3.60. The molecule has 1 aromatic carbocycles. The number of rotatable bonds is 3. The van der Waals surface area contributed by atoms with E-state index >= 15 is 0 Å². The summed E-state index contributed by atoms with van der Waals surface area (Å²) in [6, 6.07) is 6.88. The van der Waals surface area contributed by atoms with Crippen molar-refractivity contribution in [2.24, 2.45) is 0 Å². The monoisotopic (exact) mass is 331 g/mol. The van der Waals surface area contributed by atoms with Gasteiger partial charge in [0.1, 0.15) is 17.7 Å². The summed E-state index contributed by atoms with van der Waals surface area (Å²) in [5.41, 5.74) is 1.27. The summed E-state index contributed by atoms with van der Waals surface area (Å²) in [4.78, 5) is 33.2. The number of fused-ring (bicyclic) bond motifs is 1. The van der Waals surface area contributed by atoms with Gasteiger partial charge in [-0.3, -0.25) is 9.59 Å². The second-order valence-corrected chi connectivity index (χ2v) is 5.74. The number of ketones is 2. The molecular formula is C15H10ClN3O2S. The molecule has 5 nitrogen and oxygen atoms in total. The van der Waals surface area contributed by atoms with Gasteiger partial charge in [0.15, 0.2) is 0 Å². The standard InChI is InChI=1S/C15H10ClN3O2S/c1-22-15-12(19-9-4-2-8(16)3-5-9)13(20)10-6-17-7-18-11(10)14(15)21/h2-7,19H,1H3. The Kier molecular flexibility index (Phi) is 3.96. The van der Waals surface area contributed by atoms with Crippen LogP contribution in [0.2, 0.25) is 5.02 Å². The molecule has 22 heavy (non-hydrogen) atoms. The Morgan fingerprint density at radius 2 is 1.86 bits per heavy atom. The molecule has 0 radical (unpaired) electrons. The van der Waals surface area contributed by atoms with Gasteiger partial charge in [-0.2, -0.15) is 0 Å². The molecule has 0 fully saturated rings. The fourth-order valence-electron chi connectivity index (χ4n) is 2.12. The molecule has 1 heterocycles. The molecule has 1 aliphatic carbocycles. The topological polar surface area (TPSA) is 72.0 Å². The van der Waals surface area contributed by atoms with Gasteiger partial charge in [-0.05, 0) is 30.5 Å². The van der Waals surface area contributed by atoms with Gasteiger partial charge >= 0.3 is 0 Å². The van der Waals surface area contributed by atoms with Crippen molar-refractivity contribution in [3.05, 3.63) is 63.7 Å². The number of hydrogen-bond acceptors (Lipinski definition) is 6. The molecule has 0 bridgehead atoms. The Morgan fingerprint density at radius 1 is 1.14 bits per heavy atom. The molecule has 0 saturated heterocycles. The van der Waals surface area contributed by atoms with Gasteiger partial charge in [0.05, 0.1) is 10.5 Å². The second-order valence-electron chi connectivity index (χ2n) is 4.48. The van der Waals surface area contributed by atoms with E-state index in [9.17, 15) is 9.59 Å². The highest BCUT2D eigenvalue weighted by Crippen LogP contribution is 2.31. The Balaban J connectivity index is 2.06. The lowest BCUT2D eigenvalue weighted by Gasteiger charge is -2.19. The summed E-state index contributed by atoms with van der Waals surface area (Å²) < 4.78 is 0. The SMILES string of the molecule is CSC1=C(Nc2ccc(Cl)cc2)C(=O)c2cncnc2C1=O. The van der Waals surface area contributed by atoms with E-state index in [-0.39, 0.29) is 28.5 Å². The summed E-state index contributed by atoms with van der Waals surface area (Å²) in [6.45, 7) is 0. The Bertz CT molecular complexity index is 803. The first-order valence-electron chi connectivity index (χ1n) is 6.32. The van der Waals surface area contributed by atoms with Crippen LogP contribution in [-0.2, 0) is 0 Å². The smallest absolute Gasteiger partial charge is 0.220 e. The predicted molar refractivity (Wildman–Crippen MR) is 86.3 cm³/mol. The van der Waals surface area contributed by atoms with Crippen LogP contribution in [0.5, 0.6) is 0 Å². The lowest BCUT2D eigenvalue weighted by Crippen LogP contribution is -2.26. The number of nitrogens with one attached hydrogen (secondary N) is 1. The van der Waals surface area contributed by atoms with Crippen molar-refractivity contribution in [1.82, 2.24) is 9.97 Å². The number of carbonyl (C=O) groups is 2. The maximum absolute atomic E-state index is 12.6. The van der Waals surface area contributed by atoms with Gasteiger partial charge in [-0.15, -0.1) is 11.8 Å². The van der Waals surface area contributed by atoms with E-state index in [4.69, 9.17) is 11.6 Å². The average Bonchev–Trinajstić information content (AvgIpc) is 2.55. The van der Waals surface area contributed by atoms with E-state index in [0.717, 1.165) is 0 Å². The van der Waals surface area contributed by atoms with Gasteiger partial charge < -0.3 is 5.32 Å². The lowest BCUT2D eigenvalue weighted by atomic mass is 9.98. The van der Waals surface area contributed by atoms with Crippen molar-refractivity contribution in [2.45, 2.75) is 0 Å². The van der Waals surface area contributed by atoms with Gasteiger partial charge in [-0.1, -0.05) is 11.6 Å². The first kappa shape index (κ1) is 14.7. The minimum Gasteiger partial charge on any atom is -0.351 e. The van der Waals surface area contributed by atoms with Crippen molar-refractivity contribution in [3.63, 3.8) is 0 Å². The fraction of sp³-hybridized carbons (Fsp3) is 0.0667. The van der Waals surface area contributed by atoms with Crippen LogP contribution in [-0.4, -0.2) is 27.8 Å². The molecule has 1 aliphatic rings. The van der Waals surface area contributed by atoms with Crippen LogP contribution in [0.3, 0.4) is 0 Å². The van der Waals surface area contributed by atoms with Crippen LogP contribution in [0.15, 0.2) is 47.4 Å². The summed E-state index contributed by atoms with van der Waals surface area (Å²) >= 11 is 7.06. The molecule has 0 saturated carbocycles. The molecule has 1 aromatic heterocycles. The van der Waals surface area contributed by atoms with Crippen molar-refractivity contribution in [2.75, 3.05) is 11.6 Å². The molecule has 110 valence electrons. The molecule has 1 N–H and O–H groups in total. The number of Topliss-reactive ketones (excluding diaryl/α,β-unsaturated/α-hetero) is 2. The first-order valence-corrected chi connectivity index (χ1v) is 7.92. The van der Waals surface area contributed by atoms with Crippen molar-refractivity contribution < 1.29 is 9.59 Å². The van der Waals surface area contributed by atoms with E-state index in [1.165, 1.54) is 24.3 Å². The summed E-state index contributed by atoms with van der Waals surface area (Å²) in [7, 11) is 0. The molecule has 3 rings (SSSR count). The maximum Gasteiger partial charge on any atom is 0.220 e. The number of anilines is 1. The van der Waals surface area contributed by atoms with E-state index in [0.29, 0.717) is 15.6 Å². The number of allylic oxidation sites excluding steroid dienone is 2. The molecule has 0 atom stereocenters. The van der Waals surface area contributed by atoms with Crippen LogP contribution >= 0.6 is 23.4 Å². The number of thioether (sulfide) groups is 1. The molecule has 0 aliphatic heterocycles. The Hall–Kier alpha value is -2.18. The van der Waals surface area contributed by atoms with E-state index < -0.39 is 0 Å². The van der Waals surface area contributed by atoms with Crippen molar-refractivity contribution >= 4 is 40.6 Å². The first-order chi connectivity index (χ1) is 10.6. The number of aromatic nitrogens is 2. The van der Waals surface area contributed by atoms with Gasteiger partial charge in [0, 0.05) is 16.9 Å². The normalized spacial score (nSPS) is 14.1. The zero-order chi connectivity index (χ0) is 15.7. The van der Waals surface area contributed by atoms with Gasteiger partial charge in [-0.25, -0.2) is 9.97 Å². The number of halogens is 1. The summed E-state index contributed by atoms with van der Waals surface area (Å²) in [6.07, 6.45) is 4.37. The quantitative estimate of drug-likeness (QED) is 0.931. The van der Waals surface area contributed by atoms with Gasteiger partial charge in [0.2, 0.25) is 11.6 Å². The number of hydrogen-bond donors (Lipinski definition) is 1. The highest BCUT2D eigenvalue weighted by molar-refractivity contribution is 8.03. The van der Waals surface area contributed by atoms with Crippen LogP contribution < -0.4 is 5.32 Å². The molecule has 0 unspecified atom stereocenters. The van der Waals surface area contributed by atoms with E-state index in [2.05, 4.69) is 15.3 Å². The second kappa shape index (κ2) is 5.90. The number of carbonyl (C=O) groups excluding carboxylic acids is 2. The van der Waals surface area contributed by atoms with Gasteiger partial charge in [0.25, 0.3) is 0 Å². The van der Waals surface area contributed by atoms with Crippen molar-refractivity contribution in [3.8, 4) is 0 Å². The predicted octanol–water partition coefficient (Wildman–Crippen LogP) is 3.20. The third-order valence-corrected chi connectivity index (χ3v) is 4.20. The zero-order valence-electron chi connectivity index (χ0n) is 11.5. The zero-order valence-corrected chi connectivity index (χ0v) is 13.0. The van der Waals surface area contributed by atoms with Crippen LogP contribution in [0.1, 0.15) is 20.8 Å². The van der Waals surface area contributed by atoms with E-state index in [1.807, 2.05) is 0 Å². The Labute approximate surface area is 135 Å². The molecular weight excluding hydrogens is 322 g/mol. The van der Waals surface area contributed by atoms with E-state index in [1.54, 1.807) is 30.5 Å². The average molecular weight is 332 g/mol. The minimum atomic E-state index is -0.297. The highest BCUT2D eigenvalue weighted by Gasteiger charge is 2.33. The van der Waals surface area contributed by atoms with Crippen LogP contribution in [0, 0.1) is 0 Å².